The number of hydrogen-bond acceptors (Lipinski definition) is 5. The van der Waals surface area contributed by atoms with Crippen LogP contribution in [-0.4, -0.2) is 17.9 Å². The van der Waals surface area contributed by atoms with E-state index in [1.165, 1.54) is 13.2 Å². The molecule has 0 radical (unpaired) electrons. The topological polar surface area (TPSA) is 86.8 Å². The van der Waals surface area contributed by atoms with Crippen molar-refractivity contribution in [2.45, 2.75) is 0 Å². The smallest absolute Gasteiger partial charge is 0.195 e. The highest BCUT2D eigenvalue weighted by Crippen LogP contribution is 2.32. The summed E-state index contributed by atoms with van der Waals surface area (Å²) in [6.45, 7) is 0. The lowest BCUT2D eigenvalue weighted by atomic mass is 9.98. The van der Waals surface area contributed by atoms with E-state index >= 15 is 0 Å². The van der Waals surface area contributed by atoms with Gasteiger partial charge in [0.15, 0.2) is 11.7 Å². The highest BCUT2D eigenvalue weighted by atomic mass is 19.1. The van der Waals surface area contributed by atoms with Crippen LogP contribution < -0.4 is 4.74 Å². The van der Waals surface area contributed by atoms with Crippen molar-refractivity contribution in [3.8, 4) is 29.1 Å². The molecule has 5 nitrogen and oxygen atoms in total. The molecule has 3 aromatic rings. The van der Waals surface area contributed by atoms with Crippen molar-refractivity contribution in [2.24, 2.45) is 5.92 Å². The van der Waals surface area contributed by atoms with Crippen LogP contribution in [0.5, 0.6) is 5.75 Å². The molecule has 3 rings (SSSR count). The van der Waals surface area contributed by atoms with E-state index < -0.39 is 17.5 Å². The Kier molecular flexibility index (Phi) is 4.59. The van der Waals surface area contributed by atoms with Crippen molar-refractivity contribution in [3.63, 3.8) is 0 Å². The molecule has 0 fully saturated rings. The second-order valence-corrected chi connectivity index (χ2v) is 5.48. The fourth-order valence-electron chi connectivity index (χ4n) is 2.66. The normalized spacial score (nSPS) is 10.3. The first-order valence-corrected chi connectivity index (χ1v) is 7.66. The molecule has 1 heterocycles. The standard InChI is InChI=1S/C20H12FN3O2/c1-26-18-9-16(12-5-3-2-4-6-12)24-17-8-13(7-15(21)19(17)18)20(25)14(10-22)11-23/h2-9,14H,1H3. The van der Waals surface area contributed by atoms with Crippen molar-refractivity contribution >= 4 is 16.7 Å². The van der Waals surface area contributed by atoms with Crippen LogP contribution in [-0.2, 0) is 0 Å². The van der Waals surface area contributed by atoms with E-state index in [0.717, 1.165) is 11.6 Å². The van der Waals surface area contributed by atoms with Gasteiger partial charge in [-0.05, 0) is 12.1 Å². The fraction of sp³-hybridized carbons (Fsp3) is 0.100. The van der Waals surface area contributed by atoms with E-state index in [1.807, 2.05) is 30.3 Å². The lowest BCUT2D eigenvalue weighted by molar-refractivity contribution is 0.0970. The first-order chi connectivity index (χ1) is 12.6. The minimum absolute atomic E-state index is 0.0807. The number of methoxy groups -OCH3 is 1. The molecule has 126 valence electrons. The van der Waals surface area contributed by atoms with Crippen LogP contribution in [0.15, 0.2) is 48.5 Å². The van der Waals surface area contributed by atoms with E-state index in [9.17, 15) is 9.18 Å². The Hall–Kier alpha value is -3.77. The molecular formula is C20H12FN3O2. The predicted octanol–water partition coefficient (Wildman–Crippen LogP) is 3.90. The van der Waals surface area contributed by atoms with E-state index in [2.05, 4.69) is 4.98 Å². The Bertz CT molecular complexity index is 1070. The average molecular weight is 345 g/mol. The highest BCUT2D eigenvalue weighted by Gasteiger charge is 2.22. The summed E-state index contributed by atoms with van der Waals surface area (Å²) in [6, 6.07) is 16.4. The van der Waals surface area contributed by atoms with Crippen molar-refractivity contribution in [1.82, 2.24) is 4.98 Å². The molecule has 0 saturated carbocycles. The second kappa shape index (κ2) is 7.00. The van der Waals surface area contributed by atoms with Crippen molar-refractivity contribution in [2.75, 3.05) is 7.11 Å². The molecule has 0 aliphatic rings. The van der Waals surface area contributed by atoms with Gasteiger partial charge < -0.3 is 4.74 Å². The number of rotatable bonds is 4. The average Bonchev–Trinajstić information content (AvgIpc) is 2.68. The highest BCUT2D eigenvalue weighted by molar-refractivity contribution is 6.04. The van der Waals surface area contributed by atoms with Gasteiger partial charge in [-0.25, -0.2) is 9.37 Å². The molecule has 0 unspecified atom stereocenters. The van der Waals surface area contributed by atoms with Gasteiger partial charge in [-0.15, -0.1) is 0 Å². The van der Waals surface area contributed by atoms with Crippen LogP contribution in [0.1, 0.15) is 10.4 Å². The number of nitriles is 2. The van der Waals surface area contributed by atoms with Gasteiger partial charge >= 0.3 is 0 Å². The third kappa shape index (κ3) is 2.97. The molecule has 0 atom stereocenters. The van der Waals surface area contributed by atoms with Gasteiger partial charge in [0.25, 0.3) is 0 Å². The molecule has 1 aromatic heterocycles. The van der Waals surface area contributed by atoms with E-state index in [4.69, 9.17) is 15.3 Å². The van der Waals surface area contributed by atoms with Gasteiger partial charge in [-0.1, -0.05) is 30.3 Å². The summed E-state index contributed by atoms with van der Waals surface area (Å²) in [5.74, 6) is -2.68. The number of fused-ring (bicyclic) bond motifs is 1. The monoisotopic (exact) mass is 345 g/mol. The molecule has 0 bridgehead atoms. The van der Waals surface area contributed by atoms with E-state index in [1.54, 1.807) is 18.2 Å². The fourth-order valence-corrected chi connectivity index (χ4v) is 2.66. The zero-order valence-electron chi connectivity index (χ0n) is 13.7. The number of carbonyl (C=O) groups excluding carboxylic acids is 1. The predicted molar refractivity (Wildman–Crippen MR) is 92.7 cm³/mol. The first-order valence-electron chi connectivity index (χ1n) is 7.66. The second-order valence-electron chi connectivity index (χ2n) is 5.48. The molecular weight excluding hydrogens is 333 g/mol. The number of carbonyl (C=O) groups is 1. The van der Waals surface area contributed by atoms with Gasteiger partial charge in [0.05, 0.1) is 35.8 Å². The molecule has 26 heavy (non-hydrogen) atoms. The van der Waals surface area contributed by atoms with Crippen LogP contribution in [0.3, 0.4) is 0 Å². The molecule has 0 aliphatic heterocycles. The maximum Gasteiger partial charge on any atom is 0.195 e. The van der Waals surface area contributed by atoms with Gasteiger partial charge in [0.1, 0.15) is 11.6 Å². The minimum Gasteiger partial charge on any atom is -0.496 e. The summed E-state index contributed by atoms with van der Waals surface area (Å²) in [6.07, 6.45) is 0. The lowest BCUT2D eigenvalue weighted by Crippen LogP contribution is -2.11. The molecule has 0 saturated heterocycles. The van der Waals surface area contributed by atoms with E-state index in [0.29, 0.717) is 5.69 Å². The molecule has 2 aromatic carbocycles. The zero-order chi connectivity index (χ0) is 18.7. The summed E-state index contributed by atoms with van der Waals surface area (Å²) in [7, 11) is 1.42. The van der Waals surface area contributed by atoms with Gasteiger partial charge in [0, 0.05) is 17.2 Å². The number of halogens is 1. The molecule has 0 N–H and O–H groups in total. The zero-order valence-corrected chi connectivity index (χ0v) is 13.7. The number of hydrogen-bond donors (Lipinski definition) is 0. The summed E-state index contributed by atoms with van der Waals surface area (Å²) in [5, 5.41) is 17.9. The Morgan fingerprint density at radius 2 is 1.85 bits per heavy atom. The van der Waals surface area contributed by atoms with Crippen LogP contribution >= 0.6 is 0 Å². The van der Waals surface area contributed by atoms with Crippen LogP contribution in [0.25, 0.3) is 22.2 Å². The first kappa shape index (κ1) is 17.1. The molecule has 0 aliphatic carbocycles. The van der Waals surface area contributed by atoms with Crippen LogP contribution in [0.4, 0.5) is 4.39 Å². The Morgan fingerprint density at radius 1 is 1.15 bits per heavy atom. The number of benzene rings is 2. The van der Waals surface area contributed by atoms with Crippen molar-refractivity contribution in [3.05, 3.63) is 59.9 Å². The SMILES string of the molecule is COc1cc(-c2ccccc2)nc2cc(C(=O)C(C#N)C#N)cc(F)c12. The van der Waals surface area contributed by atoms with Gasteiger partial charge in [-0.2, -0.15) is 10.5 Å². The van der Waals surface area contributed by atoms with Gasteiger partial charge in [0.2, 0.25) is 0 Å². The Labute approximate surface area is 148 Å². The van der Waals surface area contributed by atoms with Gasteiger partial charge in [-0.3, -0.25) is 4.79 Å². The summed E-state index contributed by atoms with van der Waals surface area (Å²) in [4.78, 5) is 16.7. The van der Waals surface area contributed by atoms with Crippen LogP contribution in [0, 0.1) is 34.4 Å². The van der Waals surface area contributed by atoms with E-state index in [-0.39, 0.29) is 22.2 Å². The number of pyridine rings is 1. The Balaban J connectivity index is 2.24. The number of ketones is 1. The van der Waals surface area contributed by atoms with Crippen LogP contribution in [0.2, 0.25) is 0 Å². The number of ether oxygens (including phenoxy) is 1. The third-order valence-corrected chi connectivity index (χ3v) is 3.92. The quantitative estimate of drug-likeness (QED) is 0.669. The number of aromatic nitrogens is 1. The molecule has 6 heteroatoms. The lowest BCUT2D eigenvalue weighted by Gasteiger charge is -2.11. The largest absolute Gasteiger partial charge is 0.496 e. The molecule has 0 amide bonds. The Morgan fingerprint density at radius 3 is 2.46 bits per heavy atom. The van der Waals surface area contributed by atoms with Crippen molar-refractivity contribution in [1.29, 1.82) is 10.5 Å². The summed E-state index contributed by atoms with van der Waals surface area (Å²) >= 11 is 0. The minimum atomic E-state index is -1.49. The number of Topliss-reactive ketones (excluding diaryl/α,β-unsaturated/α-hetero) is 1. The summed E-state index contributed by atoms with van der Waals surface area (Å²) in [5.41, 5.74) is 1.48. The summed E-state index contributed by atoms with van der Waals surface area (Å²) < 4.78 is 19.9. The molecule has 0 spiro atoms. The number of nitrogens with zero attached hydrogens (tertiary/aromatic N) is 3. The maximum absolute atomic E-state index is 14.6. The third-order valence-electron chi connectivity index (χ3n) is 3.92. The maximum atomic E-state index is 14.6. The van der Waals surface area contributed by atoms with Crippen molar-refractivity contribution < 1.29 is 13.9 Å².